The van der Waals surface area contributed by atoms with E-state index in [1.165, 1.54) is 0 Å². The van der Waals surface area contributed by atoms with Crippen LogP contribution in [0.25, 0.3) is 0 Å². The number of aliphatic carboxylic acids is 1. The van der Waals surface area contributed by atoms with Crippen LogP contribution in [0.2, 0.25) is 0 Å². The van der Waals surface area contributed by atoms with Gasteiger partial charge in [-0.25, -0.2) is 0 Å². The summed E-state index contributed by atoms with van der Waals surface area (Å²) < 4.78 is 11.2. The minimum Gasteiger partial charge on any atom is -0.480 e. The Morgan fingerprint density at radius 2 is 2.00 bits per heavy atom. The van der Waals surface area contributed by atoms with Gasteiger partial charge in [0.05, 0.1) is 13.2 Å². The van der Waals surface area contributed by atoms with Crippen LogP contribution in [0.15, 0.2) is 0 Å². The van der Waals surface area contributed by atoms with Crippen molar-refractivity contribution in [1.82, 2.24) is 5.32 Å². The summed E-state index contributed by atoms with van der Waals surface area (Å²) in [5, 5.41) is 12.2. The largest absolute Gasteiger partial charge is 0.480 e. The Hall–Kier alpha value is -0.650. The molecule has 0 aromatic heterocycles. The molecule has 1 saturated heterocycles. The Morgan fingerprint density at radius 3 is 2.47 bits per heavy atom. The summed E-state index contributed by atoms with van der Waals surface area (Å²) in [6.45, 7) is 10.1. The maximum Gasteiger partial charge on any atom is 0.320 e. The van der Waals surface area contributed by atoms with Crippen LogP contribution in [0.1, 0.15) is 40.5 Å². The lowest BCUT2D eigenvalue weighted by atomic mass is 9.95. The Balaban J connectivity index is 2.27. The molecular weight excluding hydrogens is 246 g/mol. The number of hydrogen-bond acceptors (Lipinski definition) is 4. The summed E-state index contributed by atoms with van der Waals surface area (Å²) in [5.74, 6) is -0.675. The molecule has 112 valence electrons. The summed E-state index contributed by atoms with van der Waals surface area (Å²) in [5.41, 5.74) is 0.0737. The summed E-state index contributed by atoms with van der Waals surface area (Å²) in [6.07, 6.45) is 1.30. The first-order chi connectivity index (χ1) is 8.85. The fourth-order valence-corrected chi connectivity index (χ4v) is 2.02. The van der Waals surface area contributed by atoms with Gasteiger partial charge in [-0.05, 0) is 5.92 Å². The zero-order valence-electron chi connectivity index (χ0n) is 12.4. The van der Waals surface area contributed by atoms with Crippen molar-refractivity contribution in [1.29, 1.82) is 0 Å². The van der Waals surface area contributed by atoms with Crippen LogP contribution < -0.4 is 5.32 Å². The lowest BCUT2D eigenvalue weighted by Gasteiger charge is -2.34. The Morgan fingerprint density at radius 1 is 1.42 bits per heavy atom. The zero-order chi connectivity index (χ0) is 14.5. The van der Waals surface area contributed by atoms with Crippen LogP contribution in [-0.4, -0.2) is 43.2 Å². The topological polar surface area (TPSA) is 67.8 Å². The predicted octanol–water partition coefficient (Wildman–Crippen LogP) is 1.86. The van der Waals surface area contributed by atoms with Crippen LogP contribution in [0.4, 0.5) is 0 Å². The maximum absolute atomic E-state index is 11.1. The van der Waals surface area contributed by atoms with Gasteiger partial charge in [-0.1, -0.05) is 34.1 Å². The van der Waals surface area contributed by atoms with Gasteiger partial charge in [-0.15, -0.1) is 0 Å². The van der Waals surface area contributed by atoms with Crippen molar-refractivity contribution < 1.29 is 19.4 Å². The third-order valence-corrected chi connectivity index (χ3v) is 3.54. The van der Waals surface area contributed by atoms with E-state index in [1.807, 2.05) is 13.8 Å². The van der Waals surface area contributed by atoms with E-state index in [9.17, 15) is 4.79 Å². The SMILES string of the molecule is CC[C@H](C)[C@H](NCCC1OCC(C)(C)CO1)C(=O)O. The molecule has 2 N–H and O–H groups in total. The molecule has 19 heavy (non-hydrogen) atoms. The standard InChI is InChI=1S/C14H27NO4/c1-5-10(2)12(13(16)17)15-7-6-11-18-8-14(3,4)9-19-11/h10-12,15H,5-9H2,1-4H3,(H,16,17)/t10-,12-/m0/s1. The van der Waals surface area contributed by atoms with Gasteiger partial charge in [-0.2, -0.15) is 0 Å². The molecule has 0 saturated carbocycles. The van der Waals surface area contributed by atoms with Gasteiger partial charge in [0.2, 0.25) is 0 Å². The van der Waals surface area contributed by atoms with Crippen molar-refractivity contribution in [2.45, 2.75) is 52.9 Å². The van der Waals surface area contributed by atoms with Gasteiger partial charge < -0.3 is 19.9 Å². The summed E-state index contributed by atoms with van der Waals surface area (Å²) in [4.78, 5) is 11.1. The third kappa shape index (κ3) is 5.47. The molecule has 1 heterocycles. The number of carboxylic acids is 1. The molecular formula is C14H27NO4. The van der Waals surface area contributed by atoms with Crippen LogP contribution in [0.3, 0.4) is 0 Å². The van der Waals surface area contributed by atoms with Gasteiger partial charge in [-0.3, -0.25) is 4.79 Å². The van der Waals surface area contributed by atoms with Crippen LogP contribution in [0.5, 0.6) is 0 Å². The molecule has 1 aliphatic heterocycles. The molecule has 0 spiro atoms. The molecule has 0 bridgehead atoms. The van der Waals surface area contributed by atoms with Crippen LogP contribution in [0, 0.1) is 11.3 Å². The Bertz CT molecular complexity index is 283. The highest BCUT2D eigenvalue weighted by molar-refractivity contribution is 5.73. The monoisotopic (exact) mass is 273 g/mol. The Kier molecular flexibility index (Phi) is 6.23. The summed E-state index contributed by atoms with van der Waals surface area (Å²) in [7, 11) is 0. The smallest absolute Gasteiger partial charge is 0.320 e. The molecule has 5 heteroatoms. The maximum atomic E-state index is 11.1. The van der Waals surface area contributed by atoms with E-state index in [4.69, 9.17) is 14.6 Å². The van der Waals surface area contributed by atoms with E-state index in [-0.39, 0.29) is 17.6 Å². The molecule has 1 aliphatic rings. The van der Waals surface area contributed by atoms with Gasteiger partial charge in [0.1, 0.15) is 6.04 Å². The Labute approximate surface area is 115 Å². The first kappa shape index (κ1) is 16.4. The average Bonchev–Trinajstić information content (AvgIpc) is 2.35. The average molecular weight is 273 g/mol. The second-order valence-electron chi connectivity index (χ2n) is 6.16. The number of carboxylic acid groups (broad SMARTS) is 1. The molecule has 0 aromatic carbocycles. The molecule has 0 radical (unpaired) electrons. The minimum absolute atomic E-state index is 0.0737. The molecule has 2 atom stereocenters. The highest BCUT2D eigenvalue weighted by Crippen LogP contribution is 2.23. The fourth-order valence-electron chi connectivity index (χ4n) is 2.02. The van der Waals surface area contributed by atoms with Crippen molar-refractivity contribution in [3.63, 3.8) is 0 Å². The number of carbonyl (C=O) groups is 1. The van der Waals surface area contributed by atoms with E-state index in [0.717, 1.165) is 6.42 Å². The minimum atomic E-state index is -0.791. The molecule has 5 nitrogen and oxygen atoms in total. The van der Waals surface area contributed by atoms with Gasteiger partial charge >= 0.3 is 5.97 Å². The number of nitrogens with one attached hydrogen (secondary N) is 1. The summed E-state index contributed by atoms with van der Waals surface area (Å²) in [6, 6.07) is -0.495. The van der Waals surface area contributed by atoms with Gasteiger partial charge in [0.25, 0.3) is 0 Å². The molecule has 0 amide bonds. The van der Waals surface area contributed by atoms with Gasteiger partial charge in [0, 0.05) is 18.4 Å². The first-order valence-corrected chi connectivity index (χ1v) is 7.05. The fraction of sp³-hybridized carbons (Fsp3) is 0.929. The van der Waals surface area contributed by atoms with Crippen molar-refractivity contribution in [3.05, 3.63) is 0 Å². The van der Waals surface area contributed by atoms with Gasteiger partial charge in [0.15, 0.2) is 6.29 Å². The predicted molar refractivity (Wildman–Crippen MR) is 73.0 cm³/mol. The highest BCUT2D eigenvalue weighted by Gasteiger charge is 2.28. The molecule has 1 rings (SSSR count). The lowest BCUT2D eigenvalue weighted by Crippen LogP contribution is -2.44. The third-order valence-electron chi connectivity index (χ3n) is 3.54. The second kappa shape index (κ2) is 7.22. The van der Waals surface area contributed by atoms with E-state index in [1.54, 1.807) is 0 Å². The first-order valence-electron chi connectivity index (χ1n) is 7.05. The highest BCUT2D eigenvalue weighted by atomic mass is 16.7. The van der Waals surface area contributed by atoms with E-state index >= 15 is 0 Å². The van der Waals surface area contributed by atoms with Crippen molar-refractivity contribution >= 4 is 5.97 Å². The number of rotatable bonds is 7. The zero-order valence-corrected chi connectivity index (χ0v) is 12.4. The van der Waals surface area contributed by atoms with Crippen molar-refractivity contribution in [3.8, 4) is 0 Å². The number of ether oxygens (including phenoxy) is 2. The van der Waals surface area contributed by atoms with E-state index < -0.39 is 12.0 Å². The van der Waals surface area contributed by atoms with E-state index in [0.29, 0.717) is 26.2 Å². The van der Waals surface area contributed by atoms with Crippen LogP contribution in [-0.2, 0) is 14.3 Å². The van der Waals surface area contributed by atoms with E-state index in [2.05, 4.69) is 19.2 Å². The molecule has 1 fully saturated rings. The molecule has 0 unspecified atom stereocenters. The molecule has 0 aliphatic carbocycles. The normalized spacial score (nSPS) is 22.9. The number of hydrogen-bond donors (Lipinski definition) is 2. The lowest BCUT2D eigenvalue weighted by molar-refractivity contribution is -0.223. The molecule has 0 aromatic rings. The van der Waals surface area contributed by atoms with Crippen molar-refractivity contribution in [2.75, 3.05) is 19.8 Å². The second-order valence-corrected chi connectivity index (χ2v) is 6.16. The van der Waals surface area contributed by atoms with Crippen LogP contribution >= 0.6 is 0 Å². The quantitative estimate of drug-likeness (QED) is 0.741. The van der Waals surface area contributed by atoms with Crippen molar-refractivity contribution in [2.24, 2.45) is 11.3 Å². The summed E-state index contributed by atoms with van der Waals surface area (Å²) >= 11 is 0.